The third kappa shape index (κ3) is 4.74. The molecule has 21 heavy (non-hydrogen) atoms. The number of hydrogen-bond acceptors (Lipinski definition) is 2. The molecule has 0 saturated heterocycles. The molecule has 0 bridgehead atoms. The Morgan fingerprint density at radius 1 is 1.05 bits per heavy atom. The fourth-order valence-corrected chi connectivity index (χ4v) is 2.79. The molecule has 2 aromatic carbocycles. The van der Waals surface area contributed by atoms with Crippen LogP contribution in [0.2, 0.25) is 10.0 Å². The van der Waals surface area contributed by atoms with Gasteiger partial charge < -0.3 is 0 Å². The minimum atomic E-state index is -3.75. The van der Waals surface area contributed by atoms with E-state index in [0.29, 0.717) is 10.6 Å². The zero-order valence-electron chi connectivity index (χ0n) is 10.6. The molecule has 0 unspecified atom stereocenters. The van der Waals surface area contributed by atoms with Crippen molar-refractivity contribution in [1.29, 1.82) is 0 Å². The van der Waals surface area contributed by atoms with E-state index in [9.17, 15) is 12.8 Å². The SMILES string of the molecule is O=S(=O)(/C=C/c1ccc(Cl)cc1)Nc1ccc(F)cc1Cl. The first-order valence-corrected chi connectivity index (χ1v) is 8.07. The van der Waals surface area contributed by atoms with Crippen LogP contribution in [0.3, 0.4) is 0 Å². The molecule has 0 heterocycles. The summed E-state index contributed by atoms with van der Waals surface area (Å²) in [7, 11) is -3.75. The quantitative estimate of drug-likeness (QED) is 0.883. The largest absolute Gasteiger partial charge is 0.279 e. The summed E-state index contributed by atoms with van der Waals surface area (Å²) in [5, 5.41) is 1.54. The minimum absolute atomic E-state index is 0.0153. The van der Waals surface area contributed by atoms with Crippen molar-refractivity contribution in [1.82, 2.24) is 0 Å². The van der Waals surface area contributed by atoms with Crippen LogP contribution in [0.4, 0.5) is 10.1 Å². The molecule has 2 rings (SSSR count). The lowest BCUT2D eigenvalue weighted by Gasteiger charge is -2.06. The van der Waals surface area contributed by atoms with Gasteiger partial charge in [0.1, 0.15) is 5.82 Å². The van der Waals surface area contributed by atoms with E-state index in [-0.39, 0.29) is 10.7 Å². The highest BCUT2D eigenvalue weighted by Gasteiger charge is 2.09. The molecule has 0 spiro atoms. The molecule has 1 N–H and O–H groups in total. The fraction of sp³-hybridized carbons (Fsp3) is 0. The monoisotopic (exact) mass is 345 g/mol. The zero-order chi connectivity index (χ0) is 15.5. The van der Waals surface area contributed by atoms with Crippen LogP contribution in [0, 0.1) is 5.82 Å². The summed E-state index contributed by atoms with van der Waals surface area (Å²) >= 11 is 11.5. The highest BCUT2D eigenvalue weighted by molar-refractivity contribution is 7.95. The van der Waals surface area contributed by atoms with Crippen LogP contribution in [0.1, 0.15) is 5.56 Å². The Labute approximate surface area is 132 Å². The Balaban J connectivity index is 2.16. The summed E-state index contributed by atoms with van der Waals surface area (Å²) in [5.41, 5.74) is 0.786. The number of nitrogens with one attached hydrogen (secondary N) is 1. The van der Waals surface area contributed by atoms with Crippen molar-refractivity contribution >= 4 is 45.0 Å². The van der Waals surface area contributed by atoms with Crippen molar-refractivity contribution < 1.29 is 12.8 Å². The third-order valence-corrected chi connectivity index (χ3v) is 4.06. The second-order valence-corrected chi connectivity index (χ2v) is 6.54. The first-order chi connectivity index (χ1) is 9.85. The Kier molecular flexibility index (Phi) is 4.88. The summed E-state index contributed by atoms with van der Waals surface area (Å²) in [5.74, 6) is -0.542. The normalized spacial score (nSPS) is 11.8. The highest BCUT2D eigenvalue weighted by Crippen LogP contribution is 2.23. The first-order valence-electron chi connectivity index (χ1n) is 5.77. The van der Waals surface area contributed by atoms with Crippen LogP contribution in [-0.4, -0.2) is 8.42 Å². The summed E-state index contributed by atoms with van der Waals surface area (Å²) in [6.45, 7) is 0. The van der Waals surface area contributed by atoms with Crippen LogP contribution < -0.4 is 4.72 Å². The maximum atomic E-state index is 12.9. The Hall–Kier alpha value is -1.56. The zero-order valence-corrected chi connectivity index (χ0v) is 12.9. The van der Waals surface area contributed by atoms with Gasteiger partial charge in [-0.2, -0.15) is 0 Å². The summed E-state index contributed by atoms with van der Waals surface area (Å²) < 4.78 is 39.0. The molecule has 0 aliphatic heterocycles. The van der Waals surface area contributed by atoms with Crippen molar-refractivity contribution in [3.63, 3.8) is 0 Å². The number of hydrogen-bond donors (Lipinski definition) is 1. The van der Waals surface area contributed by atoms with Gasteiger partial charge >= 0.3 is 0 Å². The summed E-state index contributed by atoms with van der Waals surface area (Å²) in [4.78, 5) is 0. The smallest absolute Gasteiger partial charge is 0.255 e. The topological polar surface area (TPSA) is 46.2 Å². The van der Waals surface area contributed by atoms with Crippen LogP contribution in [0.25, 0.3) is 6.08 Å². The fourth-order valence-electron chi connectivity index (χ4n) is 1.50. The van der Waals surface area contributed by atoms with Gasteiger partial charge in [0.25, 0.3) is 10.0 Å². The van der Waals surface area contributed by atoms with Gasteiger partial charge in [-0.05, 0) is 42.0 Å². The van der Waals surface area contributed by atoms with Crippen molar-refractivity contribution in [2.24, 2.45) is 0 Å². The van der Waals surface area contributed by atoms with E-state index >= 15 is 0 Å². The van der Waals surface area contributed by atoms with Gasteiger partial charge in [-0.1, -0.05) is 35.3 Å². The Morgan fingerprint density at radius 3 is 2.33 bits per heavy atom. The maximum Gasteiger partial charge on any atom is 0.255 e. The van der Waals surface area contributed by atoms with Crippen LogP contribution in [0.15, 0.2) is 47.9 Å². The van der Waals surface area contributed by atoms with Gasteiger partial charge in [0.05, 0.1) is 16.1 Å². The molecule has 0 atom stereocenters. The van der Waals surface area contributed by atoms with Gasteiger partial charge in [-0.25, -0.2) is 12.8 Å². The van der Waals surface area contributed by atoms with Gasteiger partial charge in [0.2, 0.25) is 0 Å². The number of halogens is 3. The lowest BCUT2D eigenvalue weighted by Crippen LogP contribution is -2.09. The van der Waals surface area contributed by atoms with E-state index in [0.717, 1.165) is 17.5 Å². The van der Waals surface area contributed by atoms with E-state index in [1.54, 1.807) is 24.3 Å². The second kappa shape index (κ2) is 6.47. The molecule has 7 heteroatoms. The third-order valence-electron chi connectivity index (χ3n) is 2.49. The van der Waals surface area contributed by atoms with Crippen LogP contribution in [-0.2, 0) is 10.0 Å². The van der Waals surface area contributed by atoms with Gasteiger partial charge in [-0.3, -0.25) is 4.72 Å². The van der Waals surface area contributed by atoms with E-state index in [1.165, 1.54) is 12.1 Å². The molecule has 110 valence electrons. The number of rotatable bonds is 4. The van der Waals surface area contributed by atoms with Crippen LogP contribution in [0.5, 0.6) is 0 Å². The Bertz CT molecular complexity index is 774. The molecule has 3 nitrogen and oxygen atoms in total. The Morgan fingerprint density at radius 2 is 1.71 bits per heavy atom. The molecule has 0 fully saturated rings. The van der Waals surface area contributed by atoms with Crippen molar-refractivity contribution in [2.75, 3.05) is 4.72 Å². The maximum absolute atomic E-state index is 12.9. The lowest BCUT2D eigenvalue weighted by molar-refractivity contribution is 0.609. The van der Waals surface area contributed by atoms with Gasteiger partial charge in [0, 0.05) is 5.02 Å². The van der Waals surface area contributed by atoms with Crippen molar-refractivity contribution in [2.45, 2.75) is 0 Å². The summed E-state index contributed by atoms with van der Waals surface area (Å²) in [6, 6.07) is 10.1. The van der Waals surface area contributed by atoms with Crippen molar-refractivity contribution in [3.05, 3.63) is 69.3 Å². The van der Waals surface area contributed by atoms with E-state index in [1.807, 2.05) is 0 Å². The molecule has 2 aromatic rings. The average molecular weight is 346 g/mol. The predicted octanol–water partition coefficient (Wildman–Crippen LogP) is 4.55. The number of anilines is 1. The molecular formula is C14H10Cl2FNO2S. The molecule has 0 aliphatic carbocycles. The average Bonchev–Trinajstić information content (AvgIpc) is 2.41. The standard InChI is InChI=1S/C14H10Cl2FNO2S/c15-11-3-1-10(2-4-11)7-8-21(19,20)18-14-6-5-12(17)9-13(14)16/h1-9,18H/b8-7+. The molecular weight excluding hydrogens is 336 g/mol. The molecule has 0 saturated carbocycles. The van der Waals surface area contributed by atoms with Gasteiger partial charge in [-0.15, -0.1) is 0 Å². The van der Waals surface area contributed by atoms with Crippen molar-refractivity contribution in [3.8, 4) is 0 Å². The number of benzene rings is 2. The summed E-state index contributed by atoms with van der Waals surface area (Å²) in [6.07, 6.45) is 1.41. The molecule has 0 aliphatic rings. The van der Waals surface area contributed by atoms with Crippen LogP contribution >= 0.6 is 23.2 Å². The lowest BCUT2D eigenvalue weighted by atomic mass is 10.2. The van der Waals surface area contributed by atoms with E-state index in [4.69, 9.17) is 23.2 Å². The highest BCUT2D eigenvalue weighted by atomic mass is 35.5. The molecule has 0 amide bonds. The second-order valence-electron chi connectivity index (χ2n) is 4.13. The molecule has 0 radical (unpaired) electrons. The predicted molar refractivity (Wildman–Crippen MR) is 84.4 cm³/mol. The molecule has 0 aromatic heterocycles. The van der Waals surface area contributed by atoms with E-state index < -0.39 is 15.8 Å². The number of sulfonamides is 1. The van der Waals surface area contributed by atoms with Gasteiger partial charge in [0.15, 0.2) is 0 Å². The minimum Gasteiger partial charge on any atom is -0.279 e. The first kappa shape index (κ1) is 15.8. The van der Waals surface area contributed by atoms with E-state index in [2.05, 4.69) is 4.72 Å².